The van der Waals surface area contributed by atoms with E-state index in [-0.39, 0.29) is 6.10 Å². The van der Waals surface area contributed by atoms with Crippen LogP contribution in [-0.4, -0.2) is 72.5 Å². The highest BCUT2D eigenvalue weighted by Crippen LogP contribution is 2.20. The molecule has 0 unspecified atom stereocenters. The number of nitrogens with zero attached hydrogens (tertiary/aromatic N) is 2. The number of aliphatic hydroxyl groups is 1. The number of benzene rings is 2. The van der Waals surface area contributed by atoms with Crippen molar-refractivity contribution < 1.29 is 14.9 Å². The summed E-state index contributed by atoms with van der Waals surface area (Å²) in [7, 11) is 4.25. The van der Waals surface area contributed by atoms with Gasteiger partial charge in [0, 0.05) is 35.1 Å². The lowest BCUT2D eigenvalue weighted by atomic mass is 10.1. The van der Waals surface area contributed by atoms with E-state index < -0.39 is 0 Å². The van der Waals surface area contributed by atoms with E-state index in [0.717, 1.165) is 66.6 Å². The second kappa shape index (κ2) is 14.1. The summed E-state index contributed by atoms with van der Waals surface area (Å²) in [5, 5.41) is 17.7. The van der Waals surface area contributed by atoms with Crippen LogP contribution in [0, 0.1) is 0 Å². The monoisotopic (exact) mass is 556 g/mol. The molecule has 172 valence electrons. The van der Waals surface area contributed by atoms with Crippen LogP contribution in [-0.2, 0) is 0 Å². The number of phenolic OH excluding ortho intramolecular Hbond substituents is 1. The number of aliphatic hydroxyl groups excluding tert-OH is 1. The molecule has 0 aliphatic carbocycles. The molecule has 0 spiro atoms. The molecular weight excluding hydrogens is 524 g/mol. The molecule has 2 N–H and O–H groups in total. The highest BCUT2D eigenvalue weighted by molar-refractivity contribution is 9.10. The highest BCUT2D eigenvalue weighted by Gasteiger charge is 2.17. The van der Waals surface area contributed by atoms with E-state index in [9.17, 15) is 0 Å². The first-order chi connectivity index (χ1) is 14.8. The molecule has 5 nitrogen and oxygen atoms in total. The van der Waals surface area contributed by atoms with Gasteiger partial charge in [0.2, 0.25) is 0 Å². The molecule has 2 heterocycles. The lowest BCUT2D eigenvalue weighted by Gasteiger charge is -2.29. The van der Waals surface area contributed by atoms with Crippen molar-refractivity contribution >= 4 is 31.9 Å². The molecule has 0 saturated carbocycles. The summed E-state index contributed by atoms with van der Waals surface area (Å²) in [4.78, 5) is 4.59. The van der Waals surface area contributed by atoms with Crippen LogP contribution in [0.2, 0.25) is 0 Å². The molecule has 31 heavy (non-hydrogen) atoms. The molecule has 0 radical (unpaired) electrons. The normalized spacial score (nSPS) is 18.4. The average molecular weight is 558 g/mol. The van der Waals surface area contributed by atoms with Crippen LogP contribution in [0.1, 0.15) is 25.7 Å². The van der Waals surface area contributed by atoms with Gasteiger partial charge in [-0.05, 0) is 88.3 Å². The molecule has 2 aromatic carbocycles. The summed E-state index contributed by atoms with van der Waals surface area (Å²) >= 11 is 6.65. The molecule has 0 amide bonds. The Morgan fingerprint density at radius 3 is 1.58 bits per heavy atom. The first kappa shape index (κ1) is 26.1. The van der Waals surface area contributed by atoms with Crippen molar-refractivity contribution in [3.05, 3.63) is 57.5 Å². The lowest BCUT2D eigenvalue weighted by molar-refractivity contribution is 0.0942. The number of halogens is 2. The maximum atomic E-state index is 9.00. The van der Waals surface area contributed by atoms with E-state index in [1.165, 1.54) is 0 Å². The molecule has 4 rings (SSSR count). The predicted octanol–water partition coefficient (Wildman–Crippen LogP) is 5.15. The molecule has 2 fully saturated rings. The molecular formula is C24H34Br2N2O3. The lowest BCUT2D eigenvalue weighted by Crippen LogP contribution is -2.35. The van der Waals surface area contributed by atoms with E-state index in [2.05, 4.69) is 55.8 Å². The van der Waals surface area contributed by atoms with Gasteiger partial charge in [0.15, 0.2) is 0 Å². The van der Waals surface area contributed by atoms with Gasteiger partial charge in [0.1, 0.15) is 17.6 Å². The number of phenols is 1. The largest absolute Gasteiger partial charge is 0.508 e. The smallest absolute Gasteiger partial charge is 0.119 e. The van der Waals surface area contributed by atoms with Crippen LogP contribution in [0.4, 0.5) is 0 Å². The van der Waals surface area contributed by atoms with Gasteiger partial charge >= 0.3 is 0 Å². The molecule has 2 aliphatic rings. The third kappa shape index (κ3) is 11.3. The maximum Gasteiger partial charge on any atom is 0.119 e. The number of ether oxygens (including phenoxy) is 1. The second-order valence-corrected chi connectivity index (χ2v) is 9.92. The number of piperidine rings is 2. The Morgan fingerprint density at radius 2 is 1.16 bits per heavy atom. The van der Waals surface area contributed by atoms with E-state index in [1.807, 2.05) is 24.3 Å². The van der Waals surface area contributed by atoms with Crippen molar-refractivity contribution in [2.75, 3.05) is 40.3 Å². The molecule has 2 aliphatic heterocycles. The highest BCUT2D eigenvalue weighted by atomic mass is 79.9. The van der Waals surface area contributed by atoms with Crippen molar-refractivity contribution in [2.45, 2.75) is 37.9 Å². The van der Waals surface area contributed by atoms with Crippen LogP contribution in [0.5, 0.6) is 11.5 Å². The molecule has 2 aromatic rings. The van der Waals surface area contributed by atoms with E-state index in [4.69, 9.17) is 14.9 Å². The van der Waals surface area contributed by atoms with E-state index >= 15 is 0 Å². The van der Waals surface area contributed by atoms with Gasteiger partial charge in [0.25, 0.3) is 0 Å². The average Bonchev–Trinajstić information content (AvgIpc) is 2.76. The summed E-state index contributed by atoms with van der Waals surface area (Å²) in [6.45, 7) is 4.39. The number of hydrogen-bond acceptors (Lipinski definition) is 5. The van der Waals surface area contributed by atoms with Crippen LogP contribution < -0.4 is 4.74 Å². The SMILES string of the molecule is CN1CCC(O)CC1.CN1CCC(Oc2ccc(Br)cc2)CC1.Oc1ccc(Br)cc1. The summed E-state index contributed by atoms with van der Waals surface area (Å²) < 4.78 is 7.99. The minimum atomic E-state index is -0.0220. The molecule has 2 saturated heterocycles. The number of rotatable bonds is 2. The van der Waals surface area contributed by atoms with Gasteiger partial charge in [-0.3, -0.25) is 0 Å². The topological polar surface area (TPSA) is 56.2 Å². The molecule has 0 bridgehead atoms. The Bertz CT molecular complexity index is 696. The minimum Gasteiger partial charge on any atom is -0.508 e. The first-order valence-electron chi connectivity index (χ1n) is 10.7. The van der Waals surface area contributed by atoms with Gasteiger partial charge in [0.05, 0.1) is 6.10 Å². The van der Waals surface area contributed by atoms with E-state index in [0.29, 0.717) is 11.9 Å². The fourth-order valence-electron chi connectivity index (χ4n) is 3.24. The second-order valence-electron chi connectivity index (χ2n) is 8.09. The van der Waals surface area contributed by atoms with E-state index in [1.54, 1.807) is 24.3 Å². The Kier molecular flexibility index (Phi) is 11.9. The maximum absolute atomic E-state index is 9.00. The number of likely N-dealkylation sites (tertiary alicyclic amines) is 2. The first-order valence-corrected chi connectivity index (χ1v) is 12.3. The number of aromatic hydroxyl groups is 1. The fourth-order valence-corrected chi connectivity index (χ4v) is 3.77. The Morgan fingerprint density at radius 1 is 0.742 bits per heavy atom. The Hall–Kier alpha value is -1.12. The van der Waals surface area contributed by atoms with Crippen molar-refractivity contribution in [1.29, 1.82) is 0 Å². The number of hydrogen-bond donors (Lipinski definition) is 2. The summed E-state index contributed by atoms with van der Waals surface area (Å²) in [6.07, 6.45) is 4.54. The van der Waals surface area contributed by atoms with Gasteiger partial charge in [-0.1, -0.05) is 31.9 Å². The summed E-state index contributed by atoms with van der Waals surface area (Å²) in [6, 6.07) is 14.9. The van der Waals surface area contributed by atoms with Crippen molar-refractivity contribution in [3.8, 4) is 11.5 Å². The zero-order chi connectivity index (χ0) is 22.6. The molecule has 7 heteroatoms. The third-order valence-corrected chi connectivity index (χ3v) is 6.35. The standard InChI is InChI=1S/C12H16BrNO.C6H5BrO.C6H13NO/c1-14-8-6-12(7-9-14)15-11-4-2-10(13)3-5-11;7-5-1-3-6(8)4-2-5;1-7-4-2-6(8)3-5-7/h2-5,12H,6-9H2,1H3;1-4,8H;6,8H,2-5H2,1H3. The summed E-state index contributed by atoms with van der Waals surface area (Å²) in [5.41, 5.74) is 0. The van der Waals surface area contributed by atoms with Gasteiger partial charge in [-0.15, -0.1) is 0 Å². The third-order valence-electron chi connectivity index (χ3n) is 5.30. The molecule has 0 aromatic heterocycles. The van der Waals surface area contributed by atoms with Crippen molar-refractivity contribution in [1.82, 2.24) is 9.80 Å². The molecule has 0 atom stereocenters. The quantitative estimate of drug-likeness (QED) is 0.535. The van der Waals surface area contributed by atoms with Crippen LogP contribution >= 0.6 is 31.9 Å². The Labute approximate surface area is 203 Å². The predicted molar refractivity (Wildman–Crippen MR) is 134 cm³/mol. The van der Waals surface area contributed by atoms with Crippen molar-refractivity contribution in [3.63, 3.8) is 0 Å². The van der Waals surface area contributed by atoms with Crippen LogP contribution in [0.15, 0.2) is 57.5 Å². The van der Waals surface area contributed by atoms with Gasteiger partial charge in [-0.2, -0.15) is 0 Å². The zero-order valence-corrected chi connectivity index (χ0v) is 21.6. The zero-order valence-electron chi connectivity index (χ0n) is 18.4. The van der Waals surface area contributed by atoms with Gasteiger partial charge in [-0.25, -0.2) is 0 Å². The minimum absolute atomic E-state index is 0.0220. The van der Waals surface area contributed by atoms with Gasteiger partial charge < -0.3 is 24.7 Å². The Balaban J connectivity index is 0.000000181. The fraction of sp³-hybridized carbons (Fsp3) is 0.500. The van der Waals surface area contributed by atoms with Crippen LogP contribution in [0.25, 0.3) is 0 Å². The van der Waals surface area contributed by atoms with Crippen molar-refractivity contribution in [2.24, 2.45) is 0 Å². The summed E-state index contributed by atoms with van der Waals surface area (Å²) in [5.74, 6) is 1.28. The van der Waals surface area contributed by atoms with Crippen LogP contribution in [0.3, 0.4) is 0 Å².